The highest BCUT2D eigenvalue weighted by molar-refractivity contribution is 7.85. The van der Waals surface area contributed by atoms with Gasteiger partial charge < -0.3 is 9.30 Å². The molecule has 4 aromatic rings. The molecule has 0 fully saturated rings. The molecule has 0 spiro atoms. The van der Waals surface area contributed by atoms with Crippen LogP contribution < -0.4 is 11.2 Å². The van der Waals surface area contributed by atoms with Crippen LogP contribution in [0.25, 0.3) is 22.1 Å². The minimum absolute atomic E-state index is 0.109. The van der Waals surface area contributed by atoms with Gasteiger partial charge in [0.05, 0.1) is 30.6 Å². The zero-order valence-electron chi connectivity index (χ0n) is 22.4. The molecule has 0 aliphatic rings. The summed E-state index contributed by atoms with van der Waals surface area (Å²) in [4.78, 5) is 44.5. The molecule has 0 radical (unpaired) electrons. The molecule has 0 aliphatic heterocycles. The first-order valence-corrected chi connectivity index (χ1v) is 13.7. The standard InChI is InChI=1S/C25H31N5O7S/c1-15-8-9-18-16(12-15)13-17(30(18)24(33)37-25(2,3)4)14-29-22(31)20-21(28(6)23(29)32)26-19(27(20)5)10-11-36-38(7,34)35/h8-9,12-13H,10-11,14H2,1-7H3. The number of hydrogen-bond donors (Lipinski definition) is 0. The number of aromatic nitrogens is 5. The number of benzene rings is 1. The van der Waals surface area contributed by atoms with Gasteiger partial charge in [0.15, 0.2) is 11.2 Å². The van der Waals surface area contributed by atoms with E-state index in [0.29, 0.717) is 17.0 Å². The third kappa shape index (κ3) is 5.29. The summed E-state index contributed by atoms with van der Waals surface area (Å²) in [7, 11) is -0.526. The predicted octanol–water partition coefficient (Wildman–Crippen LogP) is 2.05. The summed E-state index contributed by atoms with van der Waals surface area (Å²) >= 11 is 0. The maximum Gasteiger partial charge on any atom is 0.419 e. The lowest BCUT2D eigenvalue weighted by Crippen LogP contribution is -2.40. The molecule has 0 saturated heterocycles. The molecule has 0 amide bonds. The SMILES string of the molecule is Cc1ccc2c(c1)cc(Cn1c(=O)c3c(nc(CCOS(C)(=O)=O)n3C)n(C)c1=O)n2C(=O)OC(C)(C)C. The topological polar surface area (TPSA) is 136 Å². The van der Waals surface area contributed by atoms with Crippen molar-refractivity contribution in [3.8, 4) is 0 Å². The summed E-state index contributed by atoms with van der Waals surface area (Å²) in [5.41, 5.74) is 0.355. The molecule has 0 N–H and O–H groups in total. The van der Waals surface area contributed by atoms with Gasteiger partial charge in [0, 0.05) is 25.9 Å². The molecule has 4 rings (SSSR count). The van der Waals surface area contributed by atoms with Gasteiger partial charge in [0.2, 0.25) is 0 Å². The van der Waals surface area contributed by atoms with E-state index in [1.165, 1.54) is 20.7 Å². The summed E-state index contributed by atoms with van der Waals surface area (Å²) in [6.45, 7) is 6.86. The van der Waals surface area contributed by atoms with Gasteiger partial charge in [0.1, 0.15) is 11.4 Å². The highest BCUT2D eigenvalue weighted by Gasteiger charge is 2.24. The monoisotopic (exact) mass is 545 g/mol. The Bertz CT molecular complexity index is 1800. The molecule has 38 heavy (non-hydrogen) atoms. The number of hydrogen-bond acceptors (Lipinski definition) is 8. The summed E-state index contributed by atoms with van der Waals surface area (Å²) in [6.07, 6.45) is 0.436. The number of carbonyl (C=O) groups is 1. The summed E-state index contributed by atoms with van der Waals surface area (Å²) in [6, 6.07) is 7.35. The van der Waals surface area contributed by atoms with Crippen molar-refractivity contribution in [1.29, 1.82) is 0 Å². The van der Waals surface area contributed by atoms with E-state index < -0.39 is 33.1 Å². The highest BCUT2D eigenvalue weighted by Crippen LogP contribution is 2.24. The smallest absolute Gasteiger partial charge is 0.419 e. The van der Waals surface area contributed by atoms with E-state index in [2.05, 4.69) is 4.98 Å². The Morgan fingerprint density at radius 3 is 2.39 bits per heavy atom. The minimum atomic E-state index is -3.64. The van der Waals surface area contributed by atoms with Crippen molar-refractivity contribution in [2.24, 2.45) is 14.1 Å². The highest BCUT2D eigenvalue weighted by atomic mass is 32.2. The van der Waals surface area contributed by atoms with Crippen molar-refractivity contribution < 1.29 is 22.1 Å². The third-order valence-corrected chi connectivity index (χ3v) is 6.60. The maximum absolute atomic E-state index is 13.6. The first kappa shape index (κ1) is 27.3. The van der Waals surface area contributed by atoms with Gasteiger partial charge >= 0.3 is 11.8 Å². The van der Waals surface area contributed by atoms with Gasteiger partial charge in [-0.2, -0.15) is 8.42 Å². The van der Waals surface area contributed by atoms with Crippen molar-refractivity contribution >= 4 is 38.3 Å². The average Bonchev–Trinajstić information content (AvgIpc) is 3.30. The zero-order valence-corrected chi connectivity index (χ0v) is 23.2. The summed E-state index contributed by atoms with van der Waals surface area (Å²) in [5.74, 6) is 0.381. The lowest BCUT2D eigenvalue weighted by molar-refractivity contribution is 0.0539. The van der Waals surface area contributed by atoms with Crippen LogP contribution in [0.2, 0.25) is 0 Å². The van der Waals surface area contributed by atoms with E-state index in [0.717, 1.165) is 21.8 Å². The van der Waals surface area contributed by atoms with Gasteiger partial charge in [-0.3, -0.25) is 18.1 Å². The first-order chi connectivity index (χ1) is 17.6. The second kappa shape index (κ2) is 9.55. The molecule has 13 heteroatoms. The lowest BCUT2D eigenvalue weighted by Gasteiger charge is -2.21. The van der Waals surface area contributed by atoms with Crippen LogP contribution in [0, 0.1) is 6.92 Å². The largest absolute Gasteiger partial charge is 0.443 e. The molecule has 204 valence electrons. The Balaban J connectivity index is 1.84. The molecule has 0 aliphatic carbocycles. The molecule has 0 unspecified atom stereocenters. The maximum atomic E-state index is 13.6. The van der Waals surface area contributed by atoms with Crippen molar-refractivity contribution in [3.05, 3.63) is 62.2 Å². The third-order valence-electron chi connectivity index (χ3n) is 6.01. The fourth-order valence-electron chi connectivity index (χ4n) is 4.33. The van der Waals surface area contributed by atoms with Crippen molar-refractivity contribution in [2.45, 2.75) is 46.3 Å². The van der Waals surface area contributed by atoms with E-state index in [1.807, 2.05) is 19.1 Å². The molecule has 1 aromatic carbocycles. The number of ether oxygens (including phenoxy) is 1. The molecule has 12 nitrogen and oxygen atoms in total. The lowest BCUT2D eigenvalue weighted by atomic mass is 10.2. The van der Waals surface area contributed by atoms with Gasteiger partial charge in [0.25, 0.3) is 15.7 Å². The molecule has 0 saturated carbocycles. The summed E-state index contributed by atoms with van der Waals surface area (Å²) in [5, 5.41) is 0.769. The van der Waals surface area contributed by atoms with Crippen molar-refractivity contribution in [1.82, 2.24) is 23.3 Å². The van der Waals surface area contributed by atoms with E-state index in [-0.39, 0.29) is 30.7 Å². The van der Waals surface area contributed by atoms with Crippen LogP contribution in [-0.4, -0.2) is 56.2 Å². The Morgan fingerprint density at radius 1 is 1.08 bits per heavy atom. The average molecular weight is 546 g/mol. The number of imidazole rings is 1. The Labute approximate surface area is 219 Å². The second-order valence-electron chi connectivity index (χ2n) is 10.3. The van der Waals surface area contributed by atoms with Crippen LogP contribution in [0.5, 0.6) is 0 Å². The normalized spacial score (nSPS) is 12.5. The molecule has 3 aromatic heterocycles. The van der Waals surface area contributed by atoms with E-state index in [9.17, 15) is 22.8 Å². The van der Waals surface area contributed by atoms with Crippen LogP contribution in [0.4, 0.5) is 4.79 Å². The van der Waals surface area contributed by atoms with Gasteiger partial charge in [-0.15, -0.1) is 0 Å². The quantitative estimate of drug-likeness (QED) is 0.336. The van der Waals surface area contributed by atoms with Gasteiger partial charge in [-0.1, -0.05) is 11.6 Å². The van der Waals surface area contributed by atoms with E-state index in [4.69, 9.17) is 8.92 Å². The molecule has 0 bridgehead atoms. The number of nitrogens with zero attached hydrogens (tertiary/aromatic N) is 5. The zero-order chi connectivity index (χ0) is 28.2. The Kier molecular flexibility index (Phi) is 6.87. The van der Waals surface area contributed by atoms with Crippen molar-refractivity contribution in [3.63, 3.8) is 0 Å². The Morgan fingerprint density at radius 2 is 1.76 bits per heavy atom. The molecular formula is C25H31N5O7S. The Hall–Kier alpha value is -3.71. The number of carbonyl (C=O) groups excluding carboxylic acids is 1. The van der Waals surface area contributed by atoms with E-state index in [1.54, 1.807) is 40.0 Å². The van der Waals surface area contributed by atoms with Gasteiger partial charge in [-0.25, -0.2) is 19.1 Å². The number of fused-ring (bicyclic) bond motifs is 2. The number of aryl methyl sites for hydroxylation is 3. The van der Waals surface area contributed by atoms with Gasteiger partial charge in [-0.05, 0) is 45.9 Å². The van der Waals surface area contributed by atoms with Crippen molar-refractivity contribution in [2.75, 3.05) is 12.9 Å². The van der Waals surface area contributed by atoms with Crippen LogP contribution in [0.3, 0.4) is 0 Å². The second-order valence-corrected chi connectivity index (χ2v) is 11.9. The van der Waals surface area contributed by atoms with Crippen LogP contribution in [0.15, 0.2) is 33.9 Å². The van der Waals surface area contributed by atoms with Crippen LogP contribution in [-0.2, 0) is 46.1 Å². The number of rotatable bonds is 6. The minimum Gasteiger partial charge on any atom is -0.443 e. The van der Waals surface area contributed by atoms with E-state index >= 15 is 0 Å². The van der Waals surface area contributed by atoms with Crippen LogP contribution >= 0.6 is 0 Å². The molecule has 0 atom stereocenters. The fraction of sp³-hybridized carbons (Fsp3) is 0.440. The fourth-order valence-corrected chi connectivity index (χ4v) is 4.72. The molecule has 3 heterocycles. The molecular weight excluding hydrogens is 514 g/mol. The summed E-state index contributed by atoms with van der Waals surface area (Å²) < 4.78 is 38.2. The first-order valence-electron chi connectivity index (χ1n) is 11.9. The van der Waals surface area contributed by atoms with Crippen LogP contribution in [0.1, 0.15) is 37.9 Å². The predicted molar refractivity (Wildman–Crippen MR) is 142 cm³/mol.